The summed E-state index contributed by atoms with van der Waals surface area (Å²) in [6, 6.07) is 13.2. The highest BCUT2D eigenvalue weighted by atomic mass is 16.5. The number of methoxy groups -OCH3 is 2. The van der Waals surface area contributed by atoms with Crippen LogP contribution in [-0.2, 0) is 6.54 Å². The van der Waals surface area contributed by atoms with Crippen LogP contribution in [0.3, 0.4) is 0 Å². The van der Waals surface area contributed by atoms with Crippen molar-refractivity contribution in [2.45, 2.75) is 13.5 Å². The molecule has 4 nitrogen and oxygen atoms in total. The molecule has 0 saturated carbocycles. The van der Waals surface area contributed by atoms with Gasteiger partial charge in [0.25, 0.3) is 5.91 Å². The third-order valence-electron chi connectivity index (χ3n) is 3.53. The van der Waals surface area contributed by atoms with Crippen molar-refractivity contribution < 1.29 is 14.3 Å². The summed E-state index contributed by atoms with van der Waals surface area (Å²) in [7, 11) is 4.97. The van der Waals surface area contributed by atoms with Crippen LogP contribution in [0.4, 0.5) is 0 Å². The number of nitrogens with zero attached hydrogens (tertiary/aromatic N) is 1. The van der Waals surface area contributed by atoms with E-state index in [-0.39, 0.29) is 5.91 Å². The lowest BCUT2D eigenvalue weighted by Gasteiger charge is -2.20. The normalized spacial score (nSPS) is 10.2. The topological polar surface area (TPSA) is 38.8 Å². The molecule has 0 saturated heterocycles. The third kappa shape index (κ3) is 3.39. The maximum absolute atomic E-state index is 12.6. The van der Waals surface area contributed by atoms with E-state index in [0.29, 0.717) is 17.9 Å². The van der Waals surface area contributed by atoms with E-state index in [1.54, 1.807) is 38.3 Å². The molecule has 1 amide bonds. The monoisotopic (exact) mass is 299 g/mol. The minimum absolute atomic E-state index is 0.0824. The molecule has 116 valence electrons. The van der Waals surface area contributed by atoms with Gasteiger partial charge in [0.1, 0.15) is 11.5 Å². The second-order valence-electron chi connectivity index (χ2n) is 5.18. The van der Waals surface area contributed by atoms with Crippen molar-refractivity contribution in [3.05, 3.63) is 59.2 Å². The van der Waals surface area contributed by atoms with E-state index in [4.69, 9.17) is 9.47 Å². The van der Waals surface area contributed by atoms with Crippen molar-refractivity contribution in [3.63, 3.8) is 0 Å². The van der Waals surface area contributed by atoms with Gasteiger partial charge in [0.05, 0.1) is 19.8 Å². The Labute approximate surface area is 131 Å². The van der Waals surface area contributed by atoms with Crippen LogP contribution in [0, 0.1) is 6.92 Å². The third-order valence-corrected chi connectivity index (χ3v) is 3.53. The molecular formula is C18H21NO3. The molecule has 0 heterocycles. The average molecular weight is 299 g/mol. The summed E-state index contributed by atoms with van der Waals surface area (Å²) < 4.78 is 10.6. The molecule has 0 aliphatic heterocycles. The number of hydrogen-bond acceptors (Lipinski definition) is 3. The van der Waals surface area contributed by atoms with Crippen molar-refractivity contribution in [3.8, 4) is 11.5 Å². The van der Waals surface area contributed by atoms with Crippen LogP contribution < -0.4 is 9.47 Å². The average Bonchev–Trinajstić information content (AvgIpc) is 2.54. The maximum atomic E-state index is 12.6. The molecule has 0 radical (unpaired) electrons. The Bertz CT molecular complexity index is 667. The van der Waals surface area contributed by atoms with Crippen LogP contribution in [0.5, 0.6) is 11.5 Å². The van der Waals surface area contributed by atoms with Crippen LogP contribution >= 0.6 is 0 Å². The Kier molecular flexibility index (Phi) is 5.04. The number of hydrogen-bond donors (Lipinski definition) is 0. The second kappa shape index (κ2) is 6.98. The van der Waals surface area contributed by atoms with E-state index in [1.807, 2.05) is 37.3 Å². The number of rotatable bonds is 5. The SMILES string of the molecule is COc1ccc(C)cc1CN(C)C(=O)c1ccccc1OC. The Morgan fingerprint density at radius 2 is 1.73 bits per heavy atom. The fraction of sp³-hybridized carbons (Fsp3) is 0.278. The van der Waals surface area contributed by atoms with Crippen molar-refractivity contribution in [2.24, 2.45) is 0 Å². The molecule has 2 aromatic carbocycles. The zero-order valence-corrected chi connectivity index (χ0v) is 13.4. The number of benzene rings is 2. The number of amides is 1. The minimum Gasteiger partial charge on any atom is -0.496 e. The predicted octanol–water partition coefficient (Wildman–Crippen LogP) is 3.28. The van der Waals surface area contributed by atoms with Gasteiger partial charge in [-0.25, -0.2) is 0 Å². The molecule has 0 N–H and O–H groups in total. The lowest BCUT2D eigenvalue weighted by atomic mass is 10.1. The summed E-state index contributed by atoms with van der Waals surface area (Å²) in [5.74, 6) is 1.28. The molecule has 22 heavy (non-hydrogen) atoms. The highest BCUT2D eigenvalue weighted by Crippen LogP contribution is 2.23. The quantitative estimate of drug-likeness (QED) is 0.850. The molecule has 2 rings (SSSR count). The molecular weight excluding hydrogens is 278 g/mol. The largest absolute Gasteiger partial charge is 0.496 e. The van der Waals surface area contributed by atoms with Crippen molar-refractivity contribution in [1.82, 2.24) is 4.90 Å². The summed E-state index contributed by atoms with van der Waals surface area (Å²) in [5.41, 5.74) is 2.67. The molecule has 0 unspecified atom stereocenters. The first-order valence-corrected chi connectivity index (χ1v) is 7.08. The van der Waals surface area contributed by atoms with Crippen LogP contribution in [-0.4, -0.2) is 32.1 Å². The van der Waals surface area contributed by atoms with E-state index in [1.165, 1.54) is 0 Å². The Morgan fingerprint density at radius 1 is 1.05 bits per heavy atom. The lowest BCUT2D eigenvalue weighted by Crippen LogP contribution is -2.26. The molecule has 0 fully saturated rings. The van der Waals surface area contributed by atoms with Crippen LogP contribution in [0.25, 0.3) is 0 Å². The van der Waals surface area contributed by atoms with E-state index in [0.717, 1.165) is 16.9 Å². The number of ether oxygens (including phenoxy) is 2. The first-order chi connectivity index (χ1) is 10.6. The van der Waals surface area contributed by atoms with E-state index < -0.39 is 0 Å². The van der Waals surface area contributed by atoms with Gasteiger partial charge in [0.2, 0.25) is 0 Å². The highest BCUT2D eigenvalue weighted by molar-refractivity contribution is 5.96. The molecule has 4 heteroatoms. The standard InChI is InChI=1S/C18H21NO3/c1-13-9-10-16(21-3)14(11-13)12-19(2)18(20)15-7-5-6-8-17(15)22-4/h5-11H,12H2,1-4H3. The number of carbonyl (C=O) groups excluding carboxylic acids is 1. The summed E-state index contributed by atoms with van der Waals surface area (Å²) in [4.78, 5) is 14.3. The Hall–Kier alpha value is -2.49. The zero-order chi connectivity index (χ0) is 16.1. The van der Waals surface area contributed by atoms with Crippen LogP contribution in [0.15, 0.2) is 42.5 Å². The molecule has 0 bridgehead atoms. The van der Waals surface area contributed by atoms with Gasteiger partial charge in [-0.3, -0.25) is 4.79 Å². The molecule has 0 aliphatic rings. The summed E-state index contributed by atoms with van der Waals surface area (Å²) >= 11 is 0. The van der Waals surface area contributed by atoms with Gasteiger partial charge in [-0.2, -0.15) is 0 Å². The molecule has 2 aromatic rings. The van der Waals surface area contributed by atoms with Gasteiger partial charge in [-0.05, 0) is 25.1 Å². The van der Waals surface area contributed by atoms with Gasteiger partial charge >= 0.3 is 0 Å². The molecule has 0 spiro atoms. The fourth-order valence-corrected chi connectivity index (χ4v) is 2.39. The van der Waals surface area contributed by atoms with Crippen LogP contribution in [0.2, 0.25) is 0 Å². The maximum Gasteiger partial charge on any atom is 0.257 e. The first kappa shape index (κ1) is 15.9. The second-order valence-corrected chi connectivity index (χ2v) is 5.18. The molecule has 0 atom stereocenters. The van der Waals surface area contributed by atoms with Crippen molar-refractivity contribution in [1.29, 1.82) is 0 Å². The zero-order valence-electron chi connectivity index (χ0n) is 13.4. The van der Waals surface area contributed by atoms with Gasteiger partial charge in [-0.15, -0.1) is 0 Å². The van der Waals surface area contributed by atoms with Crippen molar-refractivity contribution in [2.75, 3.05) is 21.3 Å². The number of carbonyl (C=O) groups is 1. The van der Waals surface area contributed by atoms with Gasteiger partial charge in [0, 0.05) is 19.2 Å². The predicted molar refractivity (Wildman–Crippen MR) is 86.5 cm³/mol. The summed E-state index contributed by atoms with van der Waals surface area (Å²) in [5, 5.41) is 0. The molecule has 0 aliphatic carbocycles. The molecule has 0 aromatic heterocycles. The lowest BCUT2D eigenvalue weighted by molar-refractivity contribution is 0.0781. The van der Waals surface area contributed by atoms with E-state index >= 15 is 0 Å². The van der Waals surface area contributed by atoms with Crippen molar-refractivity contribution >= 4 is 5.91 Å². The highest BCUT2D eigenvalue weighted by Gasteiger charge is 2.17. The Balaban J connectivity index is 2.23. The summed E-state index contributed by atoms with van der Waals surface area (Å²) in [6.45, 7) is 2.49. The van der Waals surface area contributed by atoms with Gasteiger partial charge in [0.15, 0.2) is 0 Å². The smallest absolute Gasteiger partial charge is 0.257 e. The fourth-order valence-electron chi connectivity index (χ4n) is 2.39. The van der Waals surface area contributed by atoms with Gasteiger partial charge < -0.3 is 14.4 Å². The van der Waals surface area contributed by atoms with Gasteiger partial charge in [-0.1, -0.05) is 29.8 Å². The Morgan fingerprint density at radius 3 is 2.41 bits per heavy atom. The first-order valence-electron chi connectivity index (χ1n) is 7.08. The van der Waals surface area contributed by atoms with Crippen LogP contribution in [0.1, 0.15) is 21.5 Å². The van der Waals surface area contributed by atoms with E-state index in [2.05, 4.69) is 0 Å². The number of aryl methyl sites for hydroxylation is 1. The summed E-state index contributed by atoms with van der Waals surface area (Å²) in [6.07, 6.45) is 0. The minimum atomic E-state index is -0.0824. The van der Waals surface area contributed by atoms with E-state index in [9.17, 15) is 4.79 Å². The number of para-hydroxylation sites is 1.